The molecule has 22 heavy (non-hydrogen) atoms. The Morgan fingerprint density at radius 1 is 1.23 bits per heavy atom. The summed E-state index contributed by atoms with van der Waals surface area (Å²) in [5, 5.41) is 12.3. The lowest BCUT2D eigenvalue weighted by Crippen LogP contribution is -2.27. The van der Waals surface area contributed by atoms with Crippen molar-refractivity contribution in [3.63, 3.8) is 0 Å². The average Bonchev–Trinajstić information content (AvgIpc) is 2.83. The van der Waals surface area contributed by atoms with Crippen LogP contribution >= 0.6 is 0 Å². The van der Waals surface area contributed by atoms with Gasteiger partial charge in [0.05, 0.1) is 16.8 Å². The van der Waals surface area contributed by atoms with Crippen molar-refractivity contribution in [1.82, 2.24) is 4.98 Å². The maximum atomic E-state index is 13.4. The number of H-pyrrole nitrogens is 1. The number of benzene rings is 1. The van der Waals surface area contributed by atoms with Crippen molar-refractivity contribution in [3.05, 3.63) is 47.5 Å². The smallest absolute Gasteiger partial charge is 0.229 e. The third kappa shape index (κ3) is 3.67. The average molecular weight is 300 g/mol. The van der Waals surface area contributed by atoms with Crippen molar-refractivity contribution in [1.29, 1.82) is 0 Å². The molecule has 1 heterocycles. The number of anilines is 1. The molecule has 3 N–H and O–H groups in total. The highest BCUT2D eigenvalue weighted by atomic mass is 19.1. The van der Waals surface area contributed by atoms with Gasteiger partial charge in [-0.1, -0.05) is 32.6 Å². The lowest BCUT2D eigenvalue weighted by Gasteiger charge is -2.18. The Kier molecular flexibility index (Phi) is 4.22. The molecule has 0 aliphatic rings. The van der Waals surface area contributed by atoms with Crippen molar-refractivity contribution in [2.24, 2.45) is 5.41 Å². The maximum absolute atomic E-state index is 13.4. The number of hydrogen-bond donors (Lipinski definition) is 3. The first-order valence-corrected chi connectivity index (χ1v) is 6.76. The highest BCUT2D eigenvalue weighted by molar-refractivity contribution is 5.95. The van der Waals surface area contributed by atoms with E-state index in [2.05, 4.69) is 22.1 Å². The van der Waals surface area contributed by atoms with Gasteiger partial charge in [0.25, 0.3) is 0 Å². The molecule has 2 rings (SSSR count). The summed E-state index contributed by atoms with van der Waals surface area (Å²) in [4.78, 5) is 14.8. The van der Waals surface area contributed by atoms with Gasteiger partial charge in [0.1, 0.15) is 11.6 Å². The van der Waals surface area contributed by atoms with Crippen LogP contribution in [0.25, 0.3) is 0 Å². The molecule has 0 radical (unpaired) electrons. The molecule has 0 saturated carbocycles. The molecule has 0 unspecified atom stereocenters. The fourth-order valence-electron chi connectivity index (χ4n) is 1.63. The molecule has 5 heteroatoms. The van der Waals surface area contributed by atoms with Crippen LogP contribution in [0.1, 0.15) is 31.9 Å². The van der Waals surface area contributed by atoms with Crippen LogP contribution in [-0.2, 0) is 4.79 Å². The zero-order valence-electron chi connectivity index (χ0n) is 12.6. The minimum Gasteiger partial charge on any atom is -0.505 e. The monoisotopic (exact) mass is 300 g/mol. The largest absolute Gasteiger partial charge is 0.505 e. The normalized spacial score (nSPS) is 10.7. The third-order valence-electron chi connectivity index (χ3n) is 2.97. The Morgan fingerprint density at radius 3 is 2.50 bits per heavy atom. The summed E-state index contributed by atoms with van der Waals surface area (Å²) in [5.74, 6) is 4.89. The summed E-state index contributed by atoms with van der Waals surface area (Å²) < 4.78 is 13.4. The van der Waals surface area contributed by atoms with Crippen molar-refractivity contribution < 1.29 is 14.3 Å². The lowest BCUT2D eigenvalue weighted by molar-refractivity contribution is -0.123. The van der Waals surface area contributed by atoms with E-state index in [4.69, 9.17) is 0 Å². The van der Waals surface area contributed by atoms with E-state index in [0.29, 0.717) is 16.8 Å². The number of nitrogens with one attached hydrogen (secondary N) is 2. The lowest BCUT2D eigenvalue weighted by atomic mass is 9.95. The molecule has 2 aromatic rings. The number of aromatic amines is 1. The summed E-state index contributed by atoms with van der Waals surface area (Å²) in [6.45, 7) is 5.36. The van der Waals surface area contributed by atoms with Gasteiger partial charge in [-0.15, -0.1) is 0 Å². The van der Waals surface area contributed by atoms with E-state index in [9.17, 15) is 14.3 Å². The molecule has 1 aromatic carbocycles. The molecule has 0 bridgehead atoms. The number of carbonyl (C=O) groups excluding carboxylic acids is 1. The van der Waals surface area contributed by atoms with Gasteiger partial charge in [-0.3, -0.25) is 4.79 Å². The number of aromatic nitrogens is 1. The highest BCUT2D eigenvalue weighted by Crippen LogP contribution is 2.21. The predicted molar refractivity (Wildman–Crippen MR) is 82.9 cm³/mol. The number of rotatable bonds is 1. The predicted octanol–water partition coefficient (Wildman–Crippen LogP) is 3.24. The first kappa shape index (κ1) is 15.6. The van der Waals surface area contributed by atoms with Crippen LogP contribution in [-0.4, -0.2) is 16.0 Å². The summed E-state index contributed by atoms with van der Waals surface area (Å²) in [6, 6.07) is 3.98. The second-order valence-corrected chi connectivity index (χ2v) is 5.90. The van der Waals surface area contributed by atoms with Gasteiger partial charge < -0.3 is 15.4 Å². The zero-order chi connectivity index (χ0) is 16.3. The van der Waals surface area contributed by atoms with Gasteiger partial charge in [-0.2, -0.15) is 0 Å². The molecular formula is C17H17FN2O2. The summed E-state index contributed by atoms with van der Waals surface area (Å²) in [5.41, 5.74) is 0.609. The first-order chi connectivity index (χ1) is 10.3. The molecule has 0 aliphatic heterocycles. The summed E-state index contributed by atoms with van der Waals surface area (Å²) in [7, 11) is 0. The molecule has 4 nitrogen and oxygen atoms in total. The van der Waals surface area contributed by atoms with Gasteiger partial charge in [0.15, 0.2) is 0 Å². The van der Waals surface area contributed by atoms with Crippen molar-refractivity contribution in [2.75, 3.05) is 5.32 Å². The fraction of sp³-hybridized carbons (Fsp3) is 0.235. The van der Waals surface area contributed by atoms with Crippen LogP contribution in [0.2, 0.25) is 0 Å². The van der Waals surface area contributed by atoms with E-state index in [1.54, 1.807) is 20.8 Å². The molecular weight excluding hydrogens is 283 g/mol. The Bertz CT molecular complexity index is 761. The third-order valence-corrected chi connectivity index (χ3v) is 2.97. The standard InChI is InChI=1S/C17H17FN2O2/c1-17(2,3)16(22)20-14-7-6-13(18)8-11(14)4-5-12-9-19-10-15(12)21/h6-10,19,21H,1-3H3,(H,20,22). The summed E-state index contributed by atoms with van der Waals surface area (Å²) in [6.07, 6.45) is 2.94. The quantitative estimate of drug-likeness (QED) is 0.708. The van der Waals surface area contributed by atoms with E-state index in [-0.39, 0.29) is 11.7 Å². The van der Waals surface area contributed by atoms with Gasteiger partial charge >= 0.3 is 0 Å². The van der Waals surface area contributed by atoms with E-state index in [1.807, 2.05) is 0 Å². The second kappa shape index (κ2) is 5.94. The number of hydrogen-bond acceptors (Lipinski definition) is 2. The number of carbonyl (C=O) groups is 1. The minimum atomic E-state index is -0.571. The highest BCUT2D eigenvalue weighted by Gasteiger charge is 2.21. The Hall–Kier alpha value is -2.74. The zero-order valence-corrected chi connectivity index (χ0v) is 12.6. The van der Waals surface area contributed by atoms with Gasteiger partial charge in [0, 0.05) is 17.8 Å². The van der Waals surface area contributed by atoms with Crippen LogP contribution < -0.4 is 5.32 Å². The fourth-order valence-corrected chi connectivity index (χ4v) is 1.63. The molecule has 0 saturated heterocycles. The molecule has 0 aliphatic carbocycles. The van der Waals surface area contributed by atoms with E-state index < -0.39 is 11.2 Å². The number of aromatic hydroxyl groups is 1. The van der Waals surface area contributed by atoms with E-state index >= 15 is 0 Å². The van der Waals surface area contributed by atoms with Crippen molar-refractivity contribution >= 4 is 11.6 Å². The maximum Gasteiger partial charge on any atom is 0.229 e. The summed E-state index contributed by atoms with van der Waals surface area (Å²) >= 11 is 0. The molecule has 0 spiro atoms. The van der Waals surface area contributed by atoms with Crippen molar-refractivity contribution in [3.8, 4) is 17.6 Å². The second-order valence-electron chi connectivity index (χ2n) is 5.90. The van der Waals surface area contributed by atoms with Crippen LogP contribution in [0.15, 0.2) is 30.6 Å². The van der Waals surface area contributed by atoms with E-state index in [0.717, 1.165) is 0 Å². The Labute approximate surface area is 128 Å². The SMILES string of the molecule is CC(C)(C)C(=O)Nc1ccc(F)cc1C#Cc1c[nH]cc1O. The van der Waals surface area contributed by atoms with Crippen LogP contribution in [0.4, 0.5) is 10.1 Å². The first-order valence-electron chi connectivity index (χ1n) is 6.76. The molecule has 1 aromatic heterocycles. The topological polar surface area (TPSA) is 65.1 Å². The molecule has 0 atom stereocenters. The van der Waals surface area contributed by atoms with E-state index in [1.165, 1.54) is 30.6 Å². The van der Waals surface area contributed by atoms with Crippen LogP contribution in [0.3, 0.4) is 0 Å². The van der Waals surface area contributed by atoms with Crippen molar-refractivity contribution in [2.45, 2.75) is 20.8 Å². The Balaban J connectivity index is 2.35. The van der Waals surface area contributed by atoms with Gasteiger partial charge in [0.2, 0.25) is 5.91 Å². The number of halogens is 1. The van der Waals surface area contributed by atoms with Gasteiger partial charge in [-0.05, 0) is 18.2 Å². The molecule has 1 amide bonds. The number of amides is 1. The molecule has 114 valence electrons. The van der Waals surface area contributed by atoms with Crippen LogP contribution in [0, 0.1) is 23.1 Å². The van der Waals surface area contributed by atoms with Crippen LogP contribution in [0.5, 0.6) is 5.75 Å². The minimum absolute atomic E-state index is 0.0178. The molecule has 0 fully saturated rings. The van der Waals surface area contributed by atoms with Gasteiger partial charge in [-0.25, -0.2) is 4.39 Å². The Morgan fingerprint density at radius 2 is 1.91 bits per heavy atom.